The number of benzene rings is 1. The minimum absolute atomic E-state index is 0.00123. The van der Waals surface area contributed by atoms with E-state index in [-0.39, 0.29) is 11.8 Å². The molecular formula is C19H18F3NO3. The Balaban J connectivity index is 1.88. The summed E-state index contributed by atoms with van der Waals surface area (Å²) in [5.41, 5.74) is 0.565. The Morgan fingerprint density at radius 2 is 1.88 bits per heavy atom. The number of pyridine rings is 1. The van der Waals surface area contributed by atoms with Crippen molar-refractivity contribution in [3.05, 3.63) is 53.4 Å². The third-order valence-corrected chi connectivity index (χ3v) is 4.13. The van der Waals surface area contributed by atoms with Crippen molar-refractivity contribution in [1.29, 1.82) is 0 Å². The van der Waals surface area contributed by atoms with Crippen LogP contribution in [0.5, 0.6) is 11.6 Å². The Kier molecular flexibility index (Phi) is 4.66. The number of alkyl halides is 3. The Labute approximate surface area is 148 Å². The Morgan fingerprint density at radius 1 is 1.15 bits per heavy atom. The molecule has 0 fully saturated rings. The second-order valence-electron chi connectivity index (χ2n) is 6.42. The van der Waals surface area contributed by atoms with E-state index in [0.717, 1.165) is 23.2 Å². The molecule has 0 radical (unpaired) electrons. The number of aliphatic hydroxyl groups is 1. The van der Waals surface area contributed by atoms with E-state index in [0.29, 0.717) is 17.1 Å². The molecule has 1 unspecified atom stereocenters. The van der Waals surface area contributed by atoms with E-state index < -0.39 is 17.8 Å². The molecule has 0 spiro atoms. The maximum absolute atomic E-state index is 12.6. The number of aromatic nitrogens is 1. The lowest BCUT2D eigenvalue weighted by Crippen LogP contribution is -2.05. The summed E-state index contributed by atoms with van der Waals surface area (Å²) in [6.45, 7) is 5.62. The molecule has 0 amide bonds. The number of ether oxygens (including phenoxy) is 1. The molecule has 0 aliphatic rings. The van der Waals surface area contributed by atoms with Gasteiger partial charge in [0.2, 0.25) is 5.88 Å². The maximum Gasteiger partial charge on any atom is 0.417 e. The van der Waals surface area contributed by atoms with Gasteiger partial charge in [-0.1, -0.05) is 13.8 Å². The van der Waals surface area contributed by atoms with Crippen molar-refractivity contribution >= 4 is 11.0 Å². The highest BCUT2D eigenvalue weighted by molar-refractivity contribution is 5.83. The molecule has 138 valence electrons. The molecule has 1 aromatic carbocycles. The molecule has 0 aliphatic carbocycles. The lowest BCUT2D eigenvalue weighted by Gasteiger charge is -2.12. The van der Waals surface area contributed by atoms with E-state index in [9.17, 15) is 18.3 Å². The third kappa shape index (κ3) is 3.53. The van der Waals surface area contributed by atoms with Crippen LogP contribution in [0.2, 0.25) is 0 Å². The van der Waals surface area contributed by atoms with Crippen LogP contribution in [0.1, 0.15) is 36.8 Å². The average Bonchev–Trinajstić information content (AvgIpc) is 2.90. The van der Waals surface area contributed by atoms with Gasteiger partial charge in [0.15, 0.2) is 0 Å². The lowest BCUT2D eigenvalue weighted by atomic mass is 10.0. The SMILES string of the molecule is Cc1c(C(O)C(C)C)oc2ccc(Oc3ccc(C(F)(F)F)cn3)cc12. The number of fused-ring (bicyclic) bond motifs is 1. The fourth-order valence-electron chi connectivity index (χ4n) is 2.60. The van der Waals surface area contributed by atoms with Crippen LogP contribution in [0.25, 0.3) is 11.0 Å². The maximum atomic E-state index is 12.6. The van der Waals surface area contributed by atoms with Crippen LogP contribution in [-0.2, 0) is 6.18 Å². The summed E-state index contributed by atoms with van der Waals surface area (Å²) in [6, 6.07) is 7.13. The number of rotatable bonds is 4. The summed E-state index contributed by atoms with van der Waals surface area (Å²) in [5, 5.41) is 11.0. The molecule has 0 saturated heterocycles. The first kappa shape index (κ1) is 18.3. The van der Waals surface area contributed by atoms with Gasteiger partial charge in [0.05, 0.1) is 5.56 Å². The van der Waals surface area contributed by atoms with Gasteiger partial charge in [0, 0.05) is 23.2 Å². The fourth-order valence-corrected chi connectivity index (χ4v) is 2.60. The number of aliphatic hydroxyl groups excluding tert-OH is 1. The van der Waals surface area contributed by atoms with Gasteiger partial charge in [-0.2, -0.15) is 13.2 Å². The van der Waals surface area contributed by atoms with Crippen LogP contribution in [0.15, 0.2) is 40.9 Å². The van der Waals surface area contributed by atoms with E-state index >= 15 is 0 Å². The van der Waals surface area contributed by atoms with Crippen LogP contribution < -0.4 is 4.74 Å². The highest BCUT2D eigenvalue weighted by Crippen LogP contribution is 2.35. The molecule has 3 aromatic rings. The summed E-state index contributed by atoms with van der Waals surface area (Å²) < 4.78 is 49.0. The van der Waals surface area contributed by atoms with Crippen LogP contribution in [-0.4, -0.2) is 10.1 Å². The highest BCUT2D eigenvalue weighted by atomic mass is 19.4. The second-order valence-corrected chi connectivity index (χ2v) is 6.42. The van der Waals surface area contributed by atoms with Gasteiger partial charge in [0.1, 0.15) is 23.2 Å². The minimum atomic E-state index is -4.44. The topological polar surface area (TPSA) is 55.5 Å². The van der Waals surface area contributed by atoms with Crippen molar-refractivity contribution in [1.82, 2.24) is 4.98 Å². The minimum Gasteiger partial charge on any atom is -0.458 e. The van der Waals surface area contributed by atoms with Crippen molar-refractivity contribution in [2.24, 2.45) is 5.92 Å². The summed E-state index contributed by atoms with van der Waals surface area (Å²) in [7, 11) is 0. The number of aryl methyl sites for hydroxylation is 1. The molecule has 26 heavy (non-hydrogen) atoms. The van der Waals surface area contributed by atoms with Crippen LogP contribution in [0.4, 0.5) is 13.2 Å². The summed E-state index contributed by atoms with van der Waals surface area (Å²) >= 11 is 0. The van der Waals surface area contributed by atoms with E-state index in [4.69, 9.17) is 9.15 Å². The third-order valence-electron chi connectivity index (χ3n) is 4.13. The molecule has 2 heterocycles. The van der Waals surface area contributed by atoms with E-state index in [1.54, 1.807) is 18.2 Å². The number of furan rings is 1. The van der Waals surface area contributed by atoms with Crippen LogP contribution in [0.3, 0.4) is 0 Å². The molecule has 2 aromatic heterocycles. The molecule has 0 bridgehead atoms. The monoisotopic (exact) mass is 365 g/mol. The number of hydrogen-bond donors (Lipinski definition) is 1. The highest BCUT2D eigenvalue weighted by Gasteiger charge is 2.30. The van der Waals surface area contributed by atoms with Crippen molar-refractivity contribution < 1.29 is 27.4 Å². The quantitative estimate of drug-likeness (QED) is 0.650. The zero-order valence-corrected chi connectivity index (χ0v) is 14.5. The van der Waals surface area contributed by atoms with Crippen molar-refractivity contribution in [3.8, 4) is 11.6 Å². The van der Waals surface area contributed by atoms with Gasteiger partial charge >= 0.3 is 6.18 Å². The molecular weight excluding hydrogens is 347 g/mol. The number of hydrogen-bond acceptors (Lipinski definition) is 4. The van der Waals surface area contributed by atoms with E-state index in [2.05, 4.69) is 4.98 Å². The lowest BCUT2D eigenvalue weighted by molar-refractivity contribution is -0.137. The largest absolute Gasteiger partial charge is 0.458 e. The van der Waals surface area contributed by atoms with Crippen molar-refractivity contribution in [2.45, 2.75) is 33.1 Å². The van der Waals surface area contributed by atoms with E-state index in [1.165, 1.54) is 6.07 Å². The standard InChI is InChI=1S/C19H18F3NO3/c1-10(2)17(24)18-11(3)14-8-13(5-6-15(14)26-18)25-16-7-4-12(9-23-16)19(20,21)22/h4-10,17,24H,1-3H3. The van der Waals surface area contributed by atoms with Crippen LogP contribution >= 0.6 is 0 Å². The number of halogens is 3. The zero-order valence-electron chi connectivity index (χ0n) is 14.5. The van der Waals surface area contributed by atoms with Gasteiger partial charge in [-0.3, -0.25) is 0 Å². The van der Waals surface area contributed by atoms with E-state index in [1.807, 2.05) is 20.8 Å². The van der Waals surface area contributed by atoms with Crippen molar-refractivity contribution in [3.63, 3.8) is 0 Å². The first-order valence-electron chi connectivity index (χ1n) is 8.09. The Morgan fingerprint density at radius 3 is 2.46 bits per heavy atom. The average molecular weight is 365 g/mol. The first-order valence-corrected chi connectivity index (χ1v) is 8.09. The predicted octanol–water partition coefficient (Wildman–Crippen LogP) is 5.64. The van der Waals surface area contributed by atoms with Crippen LogP contribution in [0, 0.1) is 12.8 Å². The fraction of sp³-hybridized carbons (Fsp3) is 0.316. The molecule has 1 atom stereocenters. The Hall–Kier alpha value is -2.54. The van der Waals surface area contributed by atoms with Gasteiger partial charge in [-0.05, 0) is 37.1 Å². The van der Waals surface area contributed by atoms with Crippen molar-refractivity contribution in [2.75, 3.05) is 0 Å². The Bertz CT molecular complexity index is 914. The first-order chi connectivity index (χ1) is 12.2. The molecule has 7 heteroatoms. The summed E-state index contributed by atoms with van der Waals surface area (Å²) in [6.07, 6.45) is -4.43. The van der Waals surface area contributed by atoms with Gasteiger partial charge in [-0.15, -0.1) is 0 Å². The molecule has 1 N–H and O–H groups in total. The molecule has 0 saturated carbocycles. The molecule has 3 rings (SSSR count). The smallest absolute Gasteiger partial charge is 0.417 e. The summed E-state index contributed by atoms with van der Waals surface area (Å²) in [4.78, 5) is 3.69. The second kappa shape index (κ2) is 6.64. The van der Waals surface area contributed by atoms with Gasteiger partial charge in [-0.25, -0.2) is 4.98 Å². The zero-order chi connectivity index (χ0) is 19.1. The van der Waals surface area contributed by atoms with Gasteiger partial charge < -0.3 is 14.3 Å². The normalized spacial score (nSPS) is 13.4. The predicted molar refractivity (Wildman–Crippen MR) is 90.1 cm³/mol. The van der Waals surface area contributed by atoms with Gasteiger partial charge in [0.25, 0.3) is 0 Å². The summed E-state index contributed by atoms with van der Waals surface area (Å²) in [5.74, 6) is 0.973. The molecule has 0 aliphatic heterocycles. The molecule has 4 nitrogen and oxygen atoms in total. The number of nitrogens with zero attached hydrogens (tertiary/aromatic N) is 1.